The fourth-order valence-electron chi connectivity index (χ4n) is 6.64. The van der Waals surface area contributed by atoms with Gasteiger partial charge in [0.1, 0.15) is 11.9 Å². The predicted molar refractivity (Wildman–Crippen MR) is 134 cm³/mol. The highest BCUT2D eigenvalue weighted by Crippen LogP contribution is 2.53. The van der Waals surface area contributed by atoms with E-state index in [9.17, 15) is 14.0 Å². The second kappa shape index (κ2) is 10.4. The summed E-state index contributed by atoms with van der Waals surface area (Å²) in [5.41, 5.74) is 2.48. The number of aromatic nitrogens is 1. The number of hydrogen-bond donors (Lipinski definition) is 1. The molecule has 6 nitrogen and oxygen atoms in total. The van der Waals surface area contributed by atoms with Gasteiger partial charge in [0.25, 0.3) is 0 Å². The topological polar surface area (TPSA) is 77.5 Å². The smallest absolute Gasteiger partial charge is 0.407 e. The Hall–Kier alpha value is -3.22. The third kappa shape index (κ3) is 5.01. The van der Waals surface area contributed by atoms with E-state index in [1.54, 1.807) is 19.2 Å². The fraction of sp³-hybridized carbons (Fsp3) is 0.483. The zero-order valence-electron chi connectivity index (χ0n) is 20.7. The Morgan fingerprint density at radius 2 is 2.08 bits per heavy atom. The molecule has 36 heavy (non-hydrogen) atoms. The van der Waals surface area contributed by atoms with Gasteiger partial charge in [-0.25, -0.2) is 9.18 Å². The molecule has 0 radical (unpaired) electrons. The predicted octanol–water partition coefficient (Wildman–Crippen LogP) is 5.63. The van der Waals surface area contributed by atoms with E-state index in [1.165, 1.54) is 12.1 Å². The molecule has 0 spiro atoms. The van der Waals surface area contributed by atoms with E-state index >= 15 is 0 Å². The van der Waals surface area contributed by atoms with E-state index in [0.29, 0.717) is 18.4 Å². The summed E-state index contributed by atoms with van der Waals surface area (Å²) in [6, 6.07) is 10.4. The van der Waals surface area contributed by atoms with Gasteiger partial charge in [-0.3, -0.25) is 9.78 Å². The first-order chi connectivity index (χ1) is 17.4. The number of carbonyl (C=O) groups is 2. The van der Waals surface area contributed by atoms with Gasteiger partial charge < -0.3 is 14.8 Å². The van der Waals surface area contributed by atoms with Gasteiger partial charge in [-0.2, -0.15) is 0 Å². The van der Waals surface area contributed by atoms with Gasteiger partial charge in [0.05, 0.1) is 18.2 Å². The number of carbonyl (C=O) groups excluding carboxylic acids is 2. The molecule has 0 bridgehead atoms. The minimum atomic E-state index is -0.368. The number of hydrogen-bond acceptors (Lipinski definition) is 5. The molecule has 2 saturated carbocycles. The normalized spacial score (nSPS) is 31.4. The van der Waals surface area contributed by atoms with E-state index in [1.807, 2.05) is 31.2 Å². The summed E-state index contributed by atoms with van der Waals surface area (Å²) in [4.78, 5) is 29.2. The quantitative estimate of drug-likeness (QED) is 0.548. The van der Waals surface area contributed by atoms with Crippen LogP contribution in [0.1, 0.15) is 45.2 Å². The van der Waals surface area contributed by atoms with Crippen LogP contribution in [-0.2, 0) is 14.3 Å². The van der Waals surface area contributed by atoms with Crippen LogP contribution in [0, 0.1) is 35.4 Å². The van der Waals surface area contributed by atoms with Gasteiger partial charge in [0.15, 0.2) is 0 Å². The summed E-state index contributed by atoms with van der Waals surface area (Å²) in [6.07, 6.45) is 9.07. The summed E-state index contributed by atoms with van der Waals surface area (Å²) in [5, 5.41) is 3.00. The first-order valence-electron chi connectivity index (χ1n) is 13.0. The SMILES string of the molecule is CCOC(=O)N[C@H]1CC[C@@H]2[C@H](C1)C[C@@H]1C(=O)O[C@H](C)[C@H]1[C@@H]2/C=C/c1ccc(-c2cccc(F)c2)cn1. The number of pyridine rings is 1. The van der Waals surface area contributed by atoms with Gasteiger partial charge in [-0.05, 0) is 87.1 Å². The molecule has 2 aliphatic carbocycles. The number of nitrogens with one attached hydrogen (secondary N) is 1. The van der Waals surface area contributed by atoms with Crippen molar-refractivity contribution in [2.24, 2.45) is 29.6 Å². The fourth-order valence-corrected chi connectivity index (χ4v) is 6.64. The van der Waals surface area contributed by atoms with Crippen molar-refractivity contribution >= 4 is 18.1 Å². The summed E-state index contributed by atoms with van der Waals surface area (Å²) >= 11 is 0. The summed E-state index contributed by atoms with van der Waals surface area (Å²) in [6.45, 7) is 4.15. The number of alkyl carbamates (subject to hydrolysis) is 1. The number of cyclic esters (lactones) is 1. The lowest BCUT2D eigenvalue weighted by Gasteiger charge is -2.47. The minimum Gasteiger partial charge on any atom is -0.462 e. The van der Waals surface area contributed by atoms with Gasteiger partial charge in [-0.1, -0.05) is 24.3 Å². The number of allylic oxidation sites excluding steroid dienone is 1. The lowest BCUT2D eigenvalue weighted by molar-refractivity contribution is -0.144. The zero-order valence-corrected chi connectivity index (χ0v) is 20.7. The molecule has 2 aromatic rings. The molecule has 1 aromatic carbocycles. The zero-order chi connectivity index (χ0) is 25.2. The van der Waals surface area contributed by atoms with E-state index < -0.39 is 0 Å². The Balaban J connectivity index is 1.34. The molecule has 0 unspecified atom stereocenters. The molecule has 1 amide bonds. The highest BCUT2D eigenvalue weighted by molar-refractivity contribution is 5.75. The van der Waals surface area contributed by atoms with E-state index in [-0.39, 0.29) is 47.8 Å². The highest BCUT2D eigenvalue weighted by Gasteiger charge is 2.54. The standard InChI is InChI=1S/C29H33FN2O4/c1-3-35-29(34)32-23-10-11-24-20(14-23)15-26-27(17(2)36-28(26)33)25(24)12-9-22-8-7-19(16-31-22)18-5-4-6-21(30)13-18/h4-9,12-13,16-17,20,23-27H,3,10-11,14-15H2,1-2H3,(H,32,34)/b12-9+/t17-,20-,23+,24-,25-,26+,27+/m1/s1. The number of fused-ring (bicyclic) bond motifs is 2. The molecular formula is C29H33FN2O4. The van der Waals surface area contributed by atoms with Crippen molar-refractivity contribution < 1.29 is 23.5 Å². The van der Waals surface area contributed by atoms with Crippen molar-refractivity contribution in [3.05, 3.63) is 60.2 Å². The van der Waals surface area contributed by atoms with Gasteiger partial charge >= 0.3 is 12.1 Å². The summed E-state index contributed by atoms with van der Waals surface area (Å²) < 4.78 is 24.3. The molecule has 3 fully saturated rings. The Morgan fingerprint density at radius 3 is 2.83 bits per heavy atom. The maximum Gasteiger partial charge on any atom is 0.407 e. The maximum absolute atomic E-state index is 13.6. The number of ether oxygens (including phenoxy) is 2. The minimum absolute atomic E-state index is 0.0679. The number of rotatable bonds is 5. The molecule has 5 rings (SSSR count). The van der Waals surface area contributed by atoms with Crippen molar-refractivity contribution in [2.75, 3.05) is 6.61 Å². The highest BCUT2D eigenvalue weighted by atomic mass is 19.1. The number of nitrogens with zero attached hydrogens (tertiary/aromatic N) is 1. The van der Waals surface area contributed by atoms with Crippen LogP contribution >= 0.6 is 0 Å². The lowest BCUT2D eigenvalue weighted by atomic mass is 9.57. The lowest BCUT2D eigenvalue weighted by Crippen LogP contribution is -2.48. The Morgan fingerprint density at radius 1 is 1.22 bits per heavy atom. The van der Waals surface area contributed by atoms with E-state index in [0.717, 1.165) is 42.5 Å². The van der Waals surface area contributed by atoms with Crippen LogP contribution in [0.25, 0.3) is 17.2 Å². The van der Waals surface area contributed by atoms with Crippen LogP contribution in [-0.4, -0.2) is 35.8 Å². The molecule has 2 heterocycles. The molecule has 3 aliphatic rings. The van der Waals surface area contributed by atoms with Crippen molar-refractivity contribution in [3.63, 3.8) is 0 Å². The van der Waals surface area contributed by atoms with E-state index in [4.69, 9.17) is 9.47 Å². The number of benzene rings is 1. The van der Waals surface area contributed by atoms with Crippen LogP contribution in [0.3, 0.4) is 0 Å². The average molecular weight is 493 g/mol. The van der Waals surface area contributed by atoms with Crippen LogP contribution in [0.2, 0.25) is 0 Å². The first kappa shape index (κ1) is 24.5. The van der Waals surface area contributed by atoms with Crippen LogP contribution in [0.5, 0.6) is 0 Å². The number of halogens is 1. The number of amides is 1. The molecule has 7 atom stereocenters. The Kier molecular flexibility index (Phi) is 7.08. The largest absolute Gasteiger partial charge is 0.462 e. The van der Waals surface area contributed by atoms with Crippen LogP contribution < -0.4 is 5.32 Å². The van der Waals surface area contributed by atoms with Gasteiger partial charge in [0.2, 0.25) is 0 Å². The molecule has 7 heteroatoms. The first-order valence-corrected chi connectivity index (χ1v) is 13.0. The van der Waals surface area contributed by atoms with Gasteiger partial charge in [0, 0.05) is 23.7 Å². The maximum atomic E-state index is 13.6. The van der Waals surface area contributed by atoms with Crippen LogP contribution in [0.4, 0.5) is 9.18 Å². The average Bonchev–Trinajstić information content (AvgIpc) is 3.15. The Labute approximate surface area is 211 Å². The Bertz CT molecular complexity index is 1130. The molecule has 1 aliphatic heterocycles. The molecular weight excluding hydrogens is 459 g/mol. The van der Waals surface area contributed by atoms with E-state index in [2.05, 4.69) is 16.4 Å². The monoisotopic (exact) mass is 492 g/mol. The third-order valence-corrected chi connectivity index (χ3v) is 8.18. The third-order valence-electron chi connectivity index (χ3n) is 8.18. The van der Waals surface area contributed by atoms with Crippen molar-refractivity contribution in [2.45, 2.75) is 51.7 Å². The van der Waals surface area contributed by atoms with Crippen molar-refractivity contribution in [3.8, 4) is 11.1 Å². The summed E-state index contributed by atoms with van der Waals surface area (Å²) in [7, 11) is 0. The van der Waals surface area contributed by atoms with Gasteiger partial charge in [-0.15, -0.1) is 0 Å². The molecule has 190 valence electrons. The second-order valence-electron chi connectivity index (χ2n) is 10.3. The van der Waals surface area contributed by atoms with Crippen molar-refractivity contribution in [1.82, 2.24) is 10.3 Å². The molecule has 1 saturated heterocycles. The van der Waals surface area contributed by atoms with Crippen molar-refractivity contribution in [1.29, 1.82) is 0 Å². The van der Waals surface area contributed by atoms with Crippen LogP contribution in [0.15, 0.2) is 48.7 Å². The molecule has 1 N–H and O–H groups in total. The molecule has 1 aromatic heterocycles. The summed E-state index contributed by atoms with van der Waals surface area (Å²) in [5.74, 6) is 0.629. The second-order valence-corrected chi connectivity index (χ2v) is 10.3. The number of esters is 1.